The zero-order valence-electron chi connectivity index (χ0n) is 23.9. The molecule has 0 aromatic heterocycles. The maximum absolute atomic E-state index is 14.2. The van der Waals surface area contributed by atoms with Gasteiger partial charge in [-0.3, -0.25) is 14.5 Å². The minimum atomic E-state index is -4.70. The van der Waals surface area contributed by atoms with Crippen molar-refractivity contribution in [3.8, 4) is 0 Å². The lowest BCUT2D eigenvalue weighted by molar-refractivity contribution is -0.138. The standard InChI is InChI=1S/C32H36F3N5O3/c1-2-16-39-26-21-40(30(42)27(26)28(37-31(39)43)23-13-7-8-14-24(23)32(33,34)35)25(20-22-11-5-3-6-12-22)29(41)36-15-19-38-17-9-4-10-18-38/h2-3,5-8,11-14,25,28H,1,4,9-10,15-21H2,(H,36,41)(H,37,43)/t25-,28+/m1/s1. The molecule has 2 aromatic rings. The number of benzene rings is 2. The molecule has 11 heteroatoms. The highest BCUT2D eigenvalue weighted by Gasteiger charge is 2.48. The number of nitrogens with one attached hydrogen (secondary N) is 2. The molecule has 0 radical (unpaired) electrons. The predicted octanol–water partition coefficient (Wildman–Crippen LogP) is 4.27. The molecule has 43 heavy (non-hydrogen) atoms. The Morgan fingerprint density at radius 2 is 1.74 bits per heavy atom. The predicted molar refractivity (Wildman–Crippen MR) is 156 cm³/mol. The highest BCUT2D eigenvalue weighted by Crippen LogP contribution is 2.42. The SMILES string of the molecule is C=CCN1C(=O)N[C@@H](c2ccccc2C(F)(F)F)C2=C1CN([C@H](Cc1ccccc1)C(=O)NCCN1CCCCC1)C2=O. The first-order valence-corrected chi connectivity index (χ1v) is 14.6. The van der Waals surface area contributed by atoms with Crippen molar-refractivity contribution in [3.05, 3.63) is 95.2 Å². The van der Waals surface area contributed by atoms with E-state index in [4.69, 9.17) is 0 Å². The summed E-state index contributed by atoms with van der Waals surface area (Å²) in [6.45, 7) is 6.69. The summed E-state index contributed by atoms with van der Waals surface area (Å²) in [6, 6.07) is 11.3. The summed E-state index contributed by atoms with van der Waals surface area (Å²) in [7, 11) is 0. The van der Waals surface area contributed by atoms with Crippen molar-refractivity contribution in [2.24, 2.45) is 0 Å². The molecule has 8 nitrogen and oxygen atoms in total. The van der Waals surface area contributed by atoms with Crippen LogP contribution in [0.15, 0.2) is 78.5 Å². The molecule has 4 amide bonds. The molecule has 2 N–H and O–H groups in total. The van der Waals surface area contributed by atoms with E-state index in [1.807, 2.05) is 30.3 Å². The number of amides is 4. The van der Waals surface area contributed by atoms with Gasteiger partial charge in [-0.05, 0) is 43.1 Å². The van der Waals surface area contributed by atoms with Crippen LogP contribution in [-0.4, -0.2) is 77.9 Å². The zero-order chi connectivity index (χ0) is 30.6. The van der Waals surface area contributed by atoms with E-state index in [1.165, 1.54) is 40.5 Å². The fourth-order valence-corrected chi connectivity index (χ4v) is 6.15. The molecule has 0 unspecified atom stereocenters. The van der Waals surface area contributed by atoms with Crippen molar-refractivity contribution in [3.63, 3.8) is 0 Å². The first kappa shape index (κ1) is 30.3. The third kappa shape index (κ3) is 6.61. The lowest BCUT2D eigenvalue weighted by Gasteiger charge is -2.33. The second kappa shape index (κ2) is 13.0. The number of carbonyl (C=O) groups excluding carboxylic acids is 3. The van der Waals surface area contributed by atoms with Gasteiger partial charge in [-0.1, -0.05) is 61.0 Å². The quantitative estimate of drug-likeness (QED) is 0.402. The number of nitrogens with zero attached hydrogens (tertiary/aromatic N) is 3. The molecule has 1 saturated heterocycles. The summed E-state index contributed by atoms with van der Waals surface area (Å²) in [5, 5.41) is 5.61. The van der Waals surface area contributed by atoms with Gasteiger partial charge in [-0.15, -0.1) is 6.58 Å². The Morgan fingerprint density at radius 1 is 1.05 bits per heavy atom. The Labute approximate surface area is 249 Å². The van der Waals surface area contributed by atoms with Crippen LogP contribution in [0.4, 0.5) is 18.0 Å². The second-order valence-corrected chi connectivity index (χ2v) is 11.1. The monoisotopic (exact) mass is 595 g/mol. The molecule has 0 aliphatic carbocycles. The minimum absolute atomic E-state index is 0.0253. The highest BCUT2D eigenvalue weighted by molar-refractivity contribution is 6.03. The molecule has 3 aliphatic heterocycles. The Morgan fingerprint density at radius 3 is 2.44 bits per heavy atom. The number of hydrogen-bond acceptors (Lipinski definition) is 4. The number of piperidine rings is 1. The summed E-state index contributed by atoms with van der Waals surface area (Å²) in [5.74, 6) is -0.936. The largest absolute Gasteiger partial charge is 0.416 e. The fourth-order valence-electron chi connectivity index (χ4n) is 6.15. The topological polar surface area (TPSA) is 85.0 Å². The van der Waals surface area contributed by atoms with Gasteiger partial charge in [0.15, 0.2) is 0 Å². The molecule has 0 saturated carbocycles. The van der Waals surface area contributed by atoms with Crippen molar-refractivity contribution in [1.82, 2.24) is 25.3 Å². The lowest BCUT2D eigenvalue weighted by atomic mass is 9.91. The number of rotatable bonds is 10. The van der Waals surface area contributed by atoms with Crippen LogP contribution >= 0.6 is 0 Å². The van der Waals surface area contributed by atoms with Crippen LogP contribution in [0.1, 0.15) is 42.0 Å². The van der Waals surface area contributed by atoms with E-state index in [9.17, 15) is 27.6 Å². The van der Waals surface area contributed by atoms with Crippen molar-refractivity contribution in [2.75, 3.05) is 39.3 Å². The first-order chi connectivity index (χ1) is 20.7. The molecular weight excluding hydrogens is 559 g/mol. The molecule has 3 heterocycles. The van der Waals surface area contributed by atoms with E-state index in [2.05, 4.69) is 22.1 Å². The molecule has 2 aromatic carbocycles. The van der Waals surface area contributed by atoms with E-state index >= 15 is 0 Å². The average Bonchev–Trinajstić information content (AvgIpc) is 3.34. The number of alkyl halides is 3. The maximum atomic E-state index is 14.2. The molecule has 0 spiro atoms. The summed E-state index contributed by atoms with van der Waals surface area (Å²) in [6.07, 6.45) is 0.426. The van der Waals surface area contributed by atoms with E-state index in [1.54, 1.807) is 0 Å². The van der Waals surface area contributed by atoms with Gasteiger partial charge in [-0.2, -0.15) is 13.2 Å². The van der Waals surface area contributed by atoms with Crippen LogP contribution in [-0.2, 0) is 22.2 Å². The van der Waals surface area contributed by atoms with Crippen molar-refractivity contribution in [2.45, 2.75) is 43.9 Å². The van der Waals surface area contributed by atoms with E-state index < -0.39 is 35.8 Å². The van der Waals surface area contributed by atoms with Crippen LogP contribution in [0.25, 0.3) is 0 Å². The first-order valence-electron chi connectivity index (χ1n) is 14.6. The maximum Gasteiger partial charge on any atom is 0.416 e. The molecular formula is C32H36F3N5O3. The van der Waals surface area contributed by atoms with Crippen LogP contribution in [0.3, 0.4) is 0 Å². The van der Waals surface area contributed by atoms with Gasteiger partial charge < -0.3 is 20.4 Å². The third-order valence-electron chi connectivity index (χ3n) is 8.27. The summed E-state index contributed by atoms with van der Waals surface area (Å²) in [4.78, 5) is 46.1. The Balaban J connectivity index is 1.47. The number of urea groups is 1. The Hall–Kier alpha value is -4.12. The van der Waals surface area contributed by atoms with Crippen LogP contribution in [0, 0.1) is 0 Å². The Bertz CT molecular complexity index is 1390. The van der Waals surface area contributed by atoms with Gasteiger partial charge in [0.2, 0.25) is 5.91 Å². The van der Waals surface area contributed by atoms with Crippen molar-refractivity contribution in [1.29, 1.82) is 0 Å². The van der Waals surface area contributed by atoms with Crippen molar-refractivity contribution >= 4 is 17.8 Å². The molecule has 0 bridgehead atoms. The lowest BCUT2D eigenvalue weighted by Crippen LogP contribution is -2.51. The van der Waals surface area contributed by atoms with E-state index in [-0.39, 0.29) is 42.3 Å². The van der Waals surface area contributed by atoms with Gasteiger partial charge in [0, 0.05) is 26.1 Å². The molecule has 1 fully saturated rings. The van der Waals surface area contributed by atoms with Gasteiger partial charge in [0.05, 0.1) is 29.4 Å². The zero-order valence-corrected chi connectivity index (χ0v) is 23.9. The van der Waals surface area contributed by atoms with Gasteiger partial charge in [0.1, 0.15) is 6.04 Å². The number of carbonyl (C=O) groups is 3. The van der Waals surface area contributed by atoms with E-state index in [0.29, 0.717) is 13.1 Å². The summed E-state index contributed by atoms with van der Waals surface area (Å²) >= 11 is 0. The number of hydrogen-bond donors (Lipinski definition) is 2. The second-order valence-electron chi connectivity index (χ2n) is 11.1. The molecule has 5 rings (SSSR count). The van der Waals surface area contributed by atoms with Gasteiger partial charge in [-0.25, -0.2) is 4.79 Å². The summed E-state index contributed by atoms with van der Waals surface area (Å²) < 4.78 is 42.1. The minimum Gasteiger partial charge on any atom is -0.353 e. The highest BCUT2D eigenvalue weighted by atomic mass is 19.4. The van der Waals surface area contributed by atoms with Crippen LogP contribution in [0.2, 0.25) is 0 Å². The fraction of sp³-hybridized carbons (Fsp3) is 0.406. The van der Waals surface area contributed by atoms with Gasteiger partial charge >= 0.3 is 12.2 Å². The number of halogens is 3. The average molecular weight is 596 g/mol. The molecule has 2 atom stereocenters. The summed E-state index contributed by atoms with van der Waals surface area (Å²) in [5.41, 5.74) is -0.0404. The molecule has 3 aliphatic rings. The smallest absolute Gasteiger partial charge is 0.353 e. The Kier molecular flexibility index (Phi) is 9.19. The van der Waals surface area contributed by atoms with Crippen LogP contribution < -0.4 is 10.6 Å². The third-order valence-corrected chi connectivity index (χ3v) is 8.27. The molecule has 228 valence electrons. The van der Waals surface area contributed by atoms with E-state index in [0.717, 1.165) is 37.6 Å². The van der Waals surface area contributed by atoms with Gasteiger partial charge in [0.25, 0.3) is 5.91 Å². The van der Waals surface area contributed by atoms with Crippen LogP contribution in [0.5, 0.6) is 0 Å². The van der Waals surface area contributed by atoms with Crippen molar-refractivity contribution < 1.29 is 27.6 Å². The number of likely N-dealkylation sites (tertiary alicyclic amines) is 1. The normalized spacial score (nSPS) is 20.1.